The van der Waals surface area contributed by atoms with Crippen LogP contribution in [0, 0.1) is 11.3 Å². The van der Waals surface area contributed by atoms with Crippen molar-refractivity contribution in [2.24, 2.45) is 0 Å². The minimum absolute atomic E-state index is 0.0515. The summed E-state index contributed by atoms with van der Waals surface area (Å²) in [6.07, 6.45) is 5.28. The first kappa shape index (κ1) is 15.2. The Bertz CT molecular complexity index is 633. The average Bonchev–Trinajstić information content (AvgIpc) is 2.47. The van der Waals surface area contributed by atoms with E-state index in [-0.39, 0.29) is 10.0 Å². The summed E-state index contributed by atoms with van der Waals surface area (Å²) in [5, 5.41) is 9.42. The fourth-order valence-electron chi connectivity index (χ4n) is 2.58. The van der Waals surface area contributed by atoms with Crippen molar-refractivity contribution in [1.29, 1.82) is 5.26 Å². The van der Waals surface area contributed by atoms with Gasteiger partial charge < -0.3 is 0 Å². The van der Waals surface area contributed by atoms with Crippen LogP contribution < -0.4 is 0 Å². The van der Waals surface area contributed by atoms with Crippen molar-refractivity contribution in [2.45, 2.75) is 42.5 Å². The Morgan fingerprint density at radius 3 is 2.60 bits per heavy atom. The monoisotopic (exact) mass is 313 g/mol. The van der Waals surface area contributed by atoms with Crippen molar-refractivity contribution in [1.82, 2.24) is 9.29 Å². The highest BCUT2D eigenvalue weighted by Gasteiger charge is 2.43. The van der Waals surface area contributed by atoms with Gasteiger partial charge in [0, 0.05) is 13.2 Å². The number of rotatable bonds is 3. The Morgan fingerprint density at radius 1 is 1.40 bits per heavy atom. The Morgan fingerprint density at radius 2 is 2.05 bits per heavy atom. The Hall–Kier alpha value is -1.16. The lowest BCUT2D eigenvalue weighted by atomic mass is 9.83. The largest absolute Gasteiger partial charge is 0.247 e. The molecule has 0 radical (unpaired) electrons. The number of pyridine rings is 1. The van der Waals surface area contributed by atoms with Gasteiger partial charge in [0.1, 0.15) is 15.6 Å². The first-order valence-electron chi connectivity index (χ1n) is 6.45. The molecule has 1 aliphatic rings. The van der Waals surface area contributed by atoms with Crippen molar-refractivity contribution >= 4 is 21.6 Å². The van der Waals surface area contributed by atoms with Crippen LogP contribution in [0.4, 0.5) is 0 Å². The van der Waals surface area contributed by atoms with Gasteiger partial charge in [-0.05, 0) is 25.0 Å². The zero-order valence-electron chi connectivity index (χ0n) is 11.2. The second-order valence-electron chi connectivity index (χ2n) is 4.97. The van der Waals surface area contributed by atoms with E-state index in [0.717, 1.165) is 19.3 Å². The number of aromatic nitrogens is 1. The molecule has 108 valence electrons. The fourth-order valence-corrected chi connectivity index (χ4v) is 4.48. The third kappa shape index (κ3) is 2.53. The van der Waals surface area contributed by atoms with E-state index < -0.39 is 15.6 Å². The molecule has 5 nitrogen and oxygen atoms in total. The number of hydrogen-bond donors (Lipinski definition) is 0. The zero-order chi connectivity index (χ0) is 14.8. The van der Waals surface area contributed by atoms with Gasteiger partial charge in [0.15, 0.2) is 0 Å². The molecule has 0 saturated heterocycles. The Balaban J connectivity index is 2.44. The van der Waals surface area contributed by atoms with Crippen LogP contribution in [0.25, 0.3) is 0 Å². The lowest BCUT2D eigenvalue weighted by Gasteiger charge is -2.38. The predicted molar refractivity (Wildman–Crippen MR) is 75.6 cm³/mol. The highest BCUT2D eigenvalue weighted by atomic mass is 35.5. The lowest BCUT2D eigenvalue weighted by Crippen LogP contribution is -2.49. The molecular weight excluding hydrogens is 298 g/mol. The van der Waals surface area contributed by atoms with E-state index in [4.69, 9.17) is 11.6 Å². The number of hydrogen-bond acceptors (Lipinski definition) is 4. The van der Waals surface area contributed by atoms with Crippen LogP contribution >= 0.6 is 11.6 Å². The van der Waals surface area contributed by atoms with E-state index in [1.165, 1.54) is 29.7 Å². The summed E-state index contributed by atoms with van der Waals surface area (Å²) in [6.45, 7) is 0. The summed E-state index contributed by atoms with van der Waals surface area (Å²) in [4.78, 5) is 3.75. The van der Waals surface area contributed by atoms with Gasteiger partial charge in [0.2, 0.25) is 10.0 Å². The van der Waals surface area contributed by atoms with Gasteiger partial charge in [-0.1, -0.05) is 30.9 Å². The van der Waals surface area contributed by atoms with Crippen LogP contribution in [0.15, 0.2) is 23.2 Å². The standard InChI is InChI=1S/C13H16ClN3O2S/c1-17(13(10-15)7-3-2-4-8-13)20(18,19)11-6-5-9-16-12(11)14/h5-6,9H,2-4,7-8H2,1H3. The maximum absolute atomic E-state index is 12.7. The molecule has 0 N–H and O–H groups in total. The summed E-state index contributed by atoms with van der Waals surface area (Å²) < 4.78 is 26.5. The van der Waals surface area contributed by atoms with E-state index in [0.29, 0.717) is 12.8 Å². The van der Waals surface area contributed by atoms with Crippen LogP contribution in [0.2, 0.25) is 5.15 Å². The smallest absolute Gasteiger partial charge is 0.243 e. The molecule has 2 rings (SSSR count). The molecule has 0 aromatic carbocycles. The van der Waals surface area contributed by atoms with E-state index in [9.17, 15) is 13.7 Å². The molecule has 7 heteroatoms. The van der Waals surface area contributed by atoms with Gasteiger partial charge in [0.25, 0.3) is 0 Å². The normalized spacial score (nSPS) is 18.7. The minimum Gasteiger partial charge on any atom is -0.243 e. The summed E-state index contributed by atoms with van der Waals surface area (Å²) in [7, 11) is -2.37. The second-order valence-corrected chi connectivity index (χ2v) is 7.26. The summed E-state index contributed by atoms with van der Waals surface area (Å²) in [5.41, 5.74) is -0.976. The number of sulfonamides is 1. The number of halogens is 1. The van der Waals surface area contributed by atoms with E-state index >= 15 is 0 Å². The molecule has 1 saturated carbocycles. The maximum Gasteiger partial charge on any atom is 0.247 e. The molecular formula is C13H16ClN3O2S. The molecule has 1 aromatic heterocycles. The second kappa shape index (κ2) is 5.68. The molecule has 1 heterocycles. The highest BCUT2D eigenvalue weighted by Crippen LogP contribution is 2.36. The quantitative estimate of drug-likeness (QED) is 0.804. The van der Waals surface area contributed by atoms with Crippen LogP contribution in [-0.4, -0.2) is 30.3 Å². The number of nitriles is 1. The summed E-state index contributed by atoms with van der Waals surface area (Å²) in [5.74, 6) is 0. The molecule has 1 aromatic rings. The average molecular weight is 314 g/mol. The summed E-state index contributed by atoms with van der Waals surface area (Å²) in [6, 6.07) is 5.13. The Labute approximate surface area is 124 Å². The van der Waals surface area contributed by atoms with E-state index in [1.807, 2.05) is 0 Å². The van der Waals surface area contributed by atoms with Gasteiger partial charge in [-0.3, -0.25) is 0 Å². The first-order valence-corrected chi connectivity index (χ1v) is 8.27. The maximum atomic E-state index is 12.7. The van der Waals surface area contributed by atoms with Crippen LogP contribution in [0.1, 0.15) is 32.1 Å². The molecule has 0 bridgehead atoms. The fraction of sp³-hybridized carbons (Fsp3) is 0.538. The van der Waals surface area contributed by atoms with Crippen molar-refractivity contribution in [3.8, 4) is 6.07 Å². The molecule has 20 heavy (non-hydrogen) atoms. The van der Waals surface area contributed by atoms with E-state index in [2.05, 4.69) is 11.1 Å². The lowest BCUT2D eigenvalue weighted by molar-refractivity contribution is 0.212. The molecule has 1 aliphatic carbocycles. The van der Waals surface area contributed by atoms with Gasteiger partial charge in [-0.25, -0.2) is 13.4 Å². The van der Waals surface area contributed by atoms with Gasteiger partial charge in [-0.15, -0.1) is 0 Å². The van der Waals surface area contributed by atoms with Crippen molar-refractivity contribution < 1.29 is 8.42 Å². The van der Waals surface area contributed by atoms with Crippen molar-refractivity contribution in [2.75, 3.05) is 7.05 Å². The molecule has 0 aliphatic heterocycles. The molecule has 0 atom stereocenters. The topological polar surface area (TPSA) is 74.1 Å². The van der Waals surface area contributed by atoms with Crippen LogP contribution in [0.5, 0.6) is 0 Å². The predicted octanol–water partition coefficient (Wildman–Crippen LogP) is 2.58. The zero-order valence-corrected chi connectivity index (χ0v) is 12.8. The number of nitrogens with zero attached hydrogens (tertiary/aromatic N) is 3. The molecule has 0 spiro atoms. The Kier molecular flexibility index (Phi) is 4.33. The molecule has 0 unspecified atom stereocenters. The molecule has 0 amide bonds. The van der Waals surface area contributed by atoms with Crippen molar-refractivity contribution in [3.63, 3.8) is 0 Å². The third-order valence-electron chi connectivity index (χ3n) is 3.85. The highest BCUT2D eigenvalue weighted by molar-refractivity contribution is 7.89. The van der Waals surface area contributed by atoms with Gasteiger partial charge in [0.05, 0.1) is 6.07 Å². The SMILES string of the molecule is CN(C1(C#N)CCCCC1)S(=O)(=O)c1cccnc1Cl. The van der Waals surface area contributed by atoms with Crippen molar-refractivity contribution in [3.05, 3.63) is 23.5 Å². The summed E-state index contributed by atoms with van der Waals surface area (Å²) >= 11 is 5.88. The van der Waals surface area contributed by atoms with Gasteiger partial charge >= 0.3 is 0 Å². The minimum atomic E-state index is -3.82. The van der Waals surface area contributed by atoms with Crippen LogP contribution in [-0.2, 0) is 10.0 Å². The molecule has 1 fully saturated rings. The first-order chi connectivity index (χ1) is 9.44. The van der Waals surface area contributed by atoms with E-state index in [1.54, 1.807) is 0 Å². The van der Waals surface area contributed by atoms with Gasteiger partial charge in [-0.2, -0.15) is 9.57 Å². The van der Waals surface area contributed by atoms with Crippen LogP contribution in [0.3, 0.4) is 0 Å². The third-order valence-corrected chi connectivity index (χ3v) is 6.22.